The molecule has 0 aliphatic heterocycles. The van der Waals surface area contributed by atoms with Gasteiger partial charge in [-0.15, -0.1) is 0 Å². The summed E-state index contributed by atoms with van der Waals surface area (Å²) in [6, 6.07) is 14.5. The molecule has 20 heavy (non-hydrogen) atoms. The van der Waals surface area contributed by atoms with E-state index in [1.54, 1.807) is 30.3 Å². The van der Waals surface area contributed by atoms with Crippen molar-refractivity contribution < 1.29 is 4.79 Å². The maximum Gasteiger partial charge on any atom is 0.251 e. The van der Waals surface area contributed by atoms with Crippen molar-refractivity contribution in [2.45, 2.75) is 13.5 Å². The van der Waals surface area contributed by atoms with Crippen molar-refractivity contribution in [1.29, 1.82) is 5.26 Å². The average molecular weight is 265 g/mol. The first kappa shape index (κ1) is 13.6. The number of carbonyl (C=O) groups is 1. The molecule has 0 atom stereocenters. The molecule has 2 aromatic carbocycles. The number of amides is 1. The van der Waals surface area contributed by atoms with E-state index >= 15 is 0 Å². The Bertz CT molecular complexity index is 686. The first-order valence-corrected chi connectivity index (χ1v) is 6.23. The van der Waals surface area contributed by atoms with E-state index in [1.165, 1.54) is 0 Å². The molecule has 0 aliphatic rings. The van der Waals surface area contributed by atoms with Crippen LogP contribution in [-0.4, -0.2) is 5.91 Å². The minimum Gasteiger partial charge on any atom is -0.399 e. The fourth-order valence-electron chi connectivity index (χ4n) is 1.91. The number of benzene rings is 2. The van der Waals surface area contributed by atoms with Crippen LogP contribution in [0.2, 0.25) is 0 Å². The van der Waals surface area contributed by atoms with Gasteiger partial charge in [0.2, 0.25) is 0 Å². The molecular weight excluding hydrogens is 250 g/mol. The Morgan fingerprint density at radius 3 is 2.85 bits per heavy atom. The van der Waals surface area contributed by atoms with Crippen molar-refractivity contribution in [3.63, 3.8) is 0 Å². The third-order valence-corrected chi connectivity index (χ3v) is 3.02. The predicted octanol–water partition coefficient (Wildman–Crippen LogP) is 2.38. The number of hydrogen-bond donors (Lipinski definition) is 2. The standard InChI is InChI=1S/C16H15N3O/c1-11-5-6-14(18)8-15(11)16(20)19-10-13-4-2-3-12(7-13)9-17/h2-8H,10,18H2,1H3,(H,19,20). The molecule has 3 N–H and O–H groups in total. The smallest absolute Gasteiger partial charge is 0.251 e. The molecule has 0 radical (unpaired) electrons. The van der Waals surface area contributed by atoms with Gasteiger partial charge < -0.3 is 11.1 Å². The second kappa shape index (κ2) is 5.89. The van der Waals surface area contributed by atoms with Crippen LogP contribution >= 0.6 is 0 Å². The molecule has 100 valence electrons. The highest BCUT2D eigenvalue weighted by Gasteiger charge is 2.09. The van der Waals surface area contributed by atoms with E-state index in [9.17, 15) is 4.79 Å². The molecule has 0 fully saturated rings. The zero-order valence-corrected chi connectivity index (χ0v) is 11.2. The number of nitrogens with two attached hydrogens (primary N) is 1. The fourth-order valence-corrected chi connectivity index (χ4v) is 1.91. The number of carbonyl (C=O) groups excluding carboxylic acids is 1. The Morgan fingerprint density at radius 2 is 2.10 bits per heavy atom. The molecule has 0 unspecified atom stereocenters. The second-order valence-corrected chi connectivity index (χ2v) is 4.57. The average Bonchev–Trinajstić information content (AvgIpc) is 2.47. The highest BCUT2D eigenvalue weighted by molar-refractivity contribution is 5.96. The normalized spacial score (nSPS) is 9.80. The van der Waals surface area contributed by atoms with Gasteiger partial charge in [-0.25, -0.2) is 0 Å². The van der Waals surface area contributed by atoms with Crippen LogP contribution in [-0.2, 0) is 6.54 Å². The zero-order chi connectivity index (χ0) is 14.5. The maximum absolute atomic E-state index is 12.1. The lowest BCUT2D eigenvalue weighted by atomic mass is 10.1. The molecule has 0 aliphatic carbocycles. The van der Waals surface area contributed by atoms with E-state index in [1.807, 2.05) is 19.1 Å². The van der Waals surface area contributed by atoms with Crippen LogP contribution < -0.4 is 11.1 Å². The molecule has 0 bridgehead atoms. The SMILES string of the molecule is Cc1ccc(N)cc1C(=O)NCc1cccc(C#N)c1. The van der Waals surface area contributed by atoms with Gasteiger partial charge in [0, 0.05) is 17.8 Å². The van der Waals surface area contributed by atoms with Crippen LogP contribution in [0, 0.1) is 18.3 Å². The number of nitrogens with one attached hydrogen (secondary N) is 1. The minimum atomic E-state index is -0.169. The predicted molar refractivity (Wildman–Crippen MR) is 77.9 cm³/mol. The summed E-state index contributed by atoms with van der Waals surface area (Å²) in [5, 5.41) is 11.7. The Balaban J connectivity index is 2.09. The van der Waals surface area contributed by atoms with E-state index in [4.69, 9.17) is 11.0 Å². The summed E-state index contributed by atoms with van der Waals surface area (Å²) < 4.78 is 0. The molecule has 0 saturated heterocycles. The van der Waals surface area contributed by atoms with Crippen molar-refractivity contribution in [3.05, 3.63) is 64.7 Å². The molecule has 4 nitrogen and oxygen atoms in total. The first-order chi connectivity index (χ1) is 9.60. The number of nitrogens with zero attached hydrogens (tertiary/aromatic N) is 1. The van der Waals surface area contributed by atoms with Gasteiger partial charge >= 0.3 is 0 Å². The fraction of sp³-hybridized carbons (Fsp3) is 0.125. The molecule has 2 rings (SSSR count). The third-order valence-electron chi connectivity index (χ3n) is 3.02. The number of nitriles is 1. The van der Waals surface area contributed by atoms with Gasteiger partial charge in [-0.05, 0) is 42.3 Å². The number of rotatable bonds is 3. The summed E-state index contributed by atoms with van der Waals surface area (Å²) in [5.41, 5.74) is 9.17. The van der Waals surface area contributed by atoms with E-state index in [2.05, 4.69) is 11.4 Å². The van der Waals surface area contributed by atoms with Gasteiger partial charge in [0.25, 0.3) is 5.91 Å². The lowest BCUT2D eigenvalue weighted by Gasteiger charge is -2.08. The highest BCUT2D eigenvalue weighted by Crippen LogP contribution is 2.13. The van der Waals surface area contributed by atoms with E-state index in [0.717, 1.165) is 11.1 Å². The maximum atomic E-state index is 12.1. The van der Waals surface area contributed by atoms with Crippen molar-refractivity contribution in [2.75, 3.05) is 5.73 Å². The Hall–Kier alpha value is -2.80. The second-order valence-electron chi connectivity index (χ2n) is 4.57. The van der Waals surface area contributed by atoms with E-state index in [0.29, 0.717) is 23.4 Å². The van der Waals surface area contributed by atoms with Gasteiger partial charge in [0.05, 0.1) is 11.6 Å². The molecule has 1 amide bonds. The molecule has 4 heteroatoms. The monoisotopic (exact) mass is 265 g/mol. The van der Waals surface area contributed by atoms with Gasteiger partial charge in [0.1, 0.15) is 0 Å². The summed E-state index contributed by atoms with van der Waals surface area (Å²) >= 11 is 0. The van der Waals surface area contributed by atoms with Crippen LogP contribution in [0.3, 0.4) is 0 Å². The molecule has 2 aromatic rings. The van der Waals surface area contributed by atoms with Crippen LogP contribution in [0.4, 0.5) is 5.69 Å². The first-order valence-electron chi connectivity index (χ1n) is 6.23. The summed E-state index contributed by atoms with van der Waals surface area (Å²) in [7, 11) is 0. The molecule has 0 heterocycles. The zero-order valence-electron chi connectivity index (χ0n) is 11.2. The van der Waals surface area contributed by atoms with Crippen LogP contribution in [0.25, 0.3) is 0 Å². The number of nitrogen functional groups attached to an aromatic ring is 1. The lowest BCUT2D eigenvalue weighted by Crippen LogP contribution is -2.23. The van der Waals surface area contributed by atoms with Gasteiger partial charge in [0.15, 0.2) is 0 Å². The highest BCUT2D eigenvalue weighted by atomic mass is 16.1. The van der Waals surface area contributed by atoms with Crippen molar-refractivity contribution in [2.24, 2.45) is 0 Å². The van der Waals surface area contributed by atoms with Crippen LogP contribution in [0.1, 0.15) is 27.0 Å². The Labute approximate surface area is 117 Å². The summed E-state index contributed by atoms with van der Waals surface area (Å²) in [5.74, 6) is -0.169. The minimum absolute atomic E-state index is 0.169. The van der Waals surface area contributed by atoms with Crippen molar-refractivity contribution in [3.8, 4) is 6.07 Å². The van der Waals surface area contributed by atoms with Gasteiger partial charge in [-0.2, -0.15) is 5.26 Å². The summed E-state index contributed by atoms with van der Waals surface area (Å²) in [6.07, 6.45) is 0. The van der Waals surface area contributed by atoms with Crippen molar-refractivity contribution in [1.82, 2.24) is 5.32 Å². The lowest BCUT2D eigenvalue weighted by molar-refractivity contribution is 0.0950. The number of hydrogen-bond acceptors (Lipinski definition) is 3. The van der Waals surface area contributed by atoms with E-state index in [-0.39, 0.29) is 5.91 Å². The van der Waals surface area contributed by atoms with Crippen LogP contribution in [0.5, 0.6) is 0 Å². The topological polar surface area (TPSA) is 78.9 Å². The van der Waals surface area contributed by atoms with Crippen molar-refractivity contribution >= 4 is 11.6 Å². The van der Waals surface area contributed by atoms with Crippen LogP contribution in [0.15, 0.2) is 42.5 Å². The van der Waals surface area contributed by atoms with E-state index < -0.39 is 0 Å². The third kappa shape index (κ3) is 3.15. The summed E-state index contributed by atoms with van der Waals surface area (Å²) in [6.45, 7) is 2.24. The number of anilines is 1. The largest absolute Gasteiger partial charge is 0.399 e. The molecule has 0 spiro atoms. The number of aryl methyl sites for hydroxylation is 1. The Kier molecular flexibility index (Phi) is 4.02. The Morgan fingerprint density at radius 1 is 1.30 bits per heavy atom. The van der Waals surface area contributed by atoms with Gasteiger partial charge in [-0.1, -0.05) is 18.2 Å². The van der Waals surface area contributed by atoms with Gasteiger partial charge in [-0.3, -0.25) is 4.79 Å². The molecule has 0 aromatic heterocycles. The summed E-state index contributed by atoms with van der Waals surface area (Å²) in [4.78, 5) is 12.1. The quantitative estimate of drug-likeness (QED) is 0.836. The molecule has 0 saturated carbocycles. The molecular formula is C16H15N3O.